The van der Waals surface area contributed by atoms with Crippen molar-refractivity contribution in [3.05, 3.63) is 28.9 Å². The van der Waals surface area contributed by atoms with Gasteiger partial charge >= 0.3 is 0 Å². The Labute approximate surface area is 103 Å². The van der Waals surface area contributed by atoms with Crippen molar-refractivity contribution in [2.24, 2.45) is 0 Å². The molecule has 0 saturated carbocycles. The van der Waals surface area contributed by atoms with Crippen LogP contribution in [0, 0.1) is 5.82 Å². The number of rotatable bonds is 1. The zero-order chi connectivity index (χ0) is 11.8. The highest BCUT2D eigenvalue weighted by molar-refractivity contribution is 6.31. The van der Waals surface area contributed by atoms with E-state index < -0.39 is 5.82 Å². The first kappa shape index (κ1) is 11.0. The van der Waals surface area contributed by atoms with Gasteiger partial charge in [-0.25, -0.2) is 9.37 Å². The molecule has 1 N–H and O–H groups in total. The third-order valence-corrected chi connectivity index (χ3v) is 3.38. The normalized spacial score (nSPS) is 20.9. The molecule has 1 unspecified atom stereocenters. The molecular formula is C12H12ClFN2O. The molecule has 1 atom stereocenters. The van der Waals surface area contributed by atoms with Gasteiger partial charge in [0.05, 0.1) is 5.02 Å². The van der Waals surface area contributed by atoms with Crippen LogP contribution in [0.3, 0.4) is 0 Å². The van der Waals surface area contributed by atoms with Gasteiger partial charge < -0.3 is 9.73 Å². The van der Waals surface area contributed by atoms with Gasteiger partial charge in [-0.2, -0.15) is 0 Å². The van der Waals surface area contributed by atoms with Crippen LogP contribution in [-0.2, 0) is 0 Å². The minimum Gasteiger partial charge on any atom is -0.440 e. The highest BCUT2D eigenvalue weighted by Crippen LogP contribution is 2.28. The van der Waals surface area contributed by atoms with Crippen molar-refractivity contribution in [2.45, 2.75) is 18.8 Å². The molecule has 0 bridgehead atoms. The largest absolute Gasteiger partial charge is 0.440 e. The standard InChI is InChI=1S/C12H12ClFN2O/c13-8-4-11-10(5-9(8)14)16-12(17-11)7-2-1-3-15-6-7/h4-5,7,15H,1-3,6H2. The second kappa shape index (κ2) is 4.27. The van der Waals surface area contributed by atoms with Crippen LogP contribution >= 0.6 is 11.6 Å². The number of fused-ring (bicyclic) bond motifs is 1. The quantitative estimate of drug-likeness (QED) is 0.850. The Kier molecular flexibility index (Phi) is 2.76. The maximum Gasteiger partial charge on any atom is 0.199 e. The van der Waals surface area contributed by atoms with Gasteiger partial charge in [0.15, 0.2) is 11.5 Å². The van der Waals surface area contributed by atoms with E-state index in [0.29, 0.717) is 17.0 Å². The molecule has 1 aromatic carbocycles. The number of hydrogen-bond acceptors (Lipinski definition) is 3. The van der Waals surface area contributed by atoms with E-state index in [-0.39, 0.29) is 10.9 Å². The lowest BCUT2D eigenvalue weighted by Gasteiger charge is -2.19. The van der Waals surface area contributed by atoms with Gasteiger partial charge in [-0.3, -0.25) is 0 Å². The molecule has 0 amide bonds. The molecule has 1 aliphatic rings. The fourth-order valence-corrected chi connectivity index (χ4v) is 2.33. The molecule has 3 rings (SSSR count). The first-order chi connectivity index (χ1) is 8.24. The monoisotopic (exact) mass is 254 g/mol. The minimum atomic E-state index is -0.458. The Morgan fingerprint density at radius 1 is 1.47 bits per heavy atom. The van der Waals surface area contributed by atoms with Crippen LogP contribution in [0.4, 0.5) is 4.39 Å². The van der Waals surface area contributed by atoms with Gasteiger partial charge in [0.25, 0.3) is 0 Å². The average molecular weight is 255 g/mol. The number of oxazole rings is 1. The Bertz CT molecular complexity index is 510. The predicted molar refractivity (Wildman–Crippen MR) is 63.8 cm³/mol. The summed E-state index contributed by atoms with van der Waals surface area (Å²) in [6.07, 6.45) is 2.16. The molecule has 5 heteroatoms. The summed E-state index contributed by atoms with van der Waals surface area (Å²) in [6.45, 7) is 1.90. The number of nitrogens with zero attached hydrogens (tertiary/aromatic N) is 1. The predicted octanol–water partition coefficient (Wildman–Crippen LogP) is 3.09. The van der Waals surface area contributed by atoms with Gasteiger partial charge in [0, 0.05) is 24.6 Å². The molecule has 3 nitrogen and oxygen atoms in total. The number of hydrogen-bond donors (Lipinski definition) is 1. The van der Waals surface area contributed by atoms with Crippen LogP contribution in [0.15, 0.2) is 16.5 Å². The SMILES string of the molecule is Fc1cc2nc(C3CCCNC3)oc2cc1Cl. The second-order valence-electron chi connectivity index (χ2n) is 4.33. The van der Waals surface area contributed by atoms with E-state index in [9.17, 15) is 4.39 Å². The summed E-state index contributed by atoms with van der Waals surface area (Å²) in [5.74, 6) is 0.493. The fraction of sp³-hybridized carbons (Fsp3) is 0.417. The van der Waals surface area contributed by atoms with E-state index in [4.69, 9.17) is 16.0 Å². The Morgan fingerprint density at radius 2 is 2.35 bits per heavy atom. The molecule has 2 heterocycles. The smallest absolute Gasteiger partial charge is 0.199 e. The van der Waals surface area contributed by atoms with E-state index in [2.05, 4.69) is 10.3 Å². The van der Waals surface area contributed by atoms with Crippen molar-refractivity contribution in [1.82, 2.24) is 10.3 Å². The van der Waals surface area contributed by atoms with E-state index in [1.807, 2.05) is 0 Å². The summed E-state index contributed by atoms with van der Waals surface area (Å²) in [7, 11) is 0. The minimum absolute atomic E-state index is 0.0713. The molecular weight excluding hydrogens is 243 g/mol. The molecule has 17 heavy (non-hydrogen) atoms. The van der Waals surface area contributed by atoms with Gasteiger partial charge in [0.2, 0.25) is 0 Å². The molecule has 1 fully saturated rings. The van der Waals surface area contributed by atoms with Crippen molar-refractivity contribution >= 4 is 22.7 Å². The second-order valence-corrected chi connectivity index (χ2v) is 4.74. The highest BCUT2D eigenvalue weighted by atomic mass is 35.5. The summed E-state index contributed by atoms with van der Waals surface area (Å²) in [5, 5.41) is 3.37. The van der Waals surface area contributed by atoms with E-state index in [1.165, 1.54) is 12.1 Å². The number of benzene rings is 1. The molecule has 0 aliphatic carbocycles. The molecule has 0 spiro atoms. The van der Waals surface area contributed by atoms with Crippen LogP contribution < -0.4 is 5.32 Å². The topological polar surface area (TPSA) is 38.1 Å². The van der Waals surface area contributed by atoms with Gasteiger partial charge in [0.1, 0.15) is 11.3 Å². The molecule has 1 aromatic heterocycles. The Balaban J connectivity index is 2.00. The van der Waals surface area contributed by atoms with Gasteiger partial charge in [-0.05, 0) is 19.4 Å². The maximum atomic E-state index is 13.3. The Morgan fingerprint density at radius 3 is 3.12 bits per heavy atom. The van der Waals surface area contributed by atoms with Crippen LogP contribution in [0.1, 0.15) is 24.7 Å². The summed E-state index contributed by atoms with van der Waals surface area (Å²) in [4.78, 5) is 4.33. The molecule has 1 aliphatic heterocycles. The van der Waals surface area contributed by atoms with Crippen molar-refractivity contribution in [2.75, 3.05) is 13.1 Å². The van der Waals surface area contributed by atoms with Crippen LogP contribution in [0.5, 0.6) is 0 Å². The number of piperidine rings is 1. The van der Waals surface area contributed by atoms with Crippen LogP contribution in [0.2, 0.25) is 5.02 Å². The van der Waals surface area contributed by atoms with Crippen LogP contribution in [-0.4, -0.2) is 18.1 Å². The third kappa shape index (κ3) is 2.03. The zero-order valence-electron chi connectivity index (χ0n) is 9.17. The lowest BCUT2D eigenvalue weighted by Crippen LogP contribution is -2.28. The van der Waals surface area contributed by atoms with Gasteiger partial charge in [-0.1, -0.05) is 11.6 Å². The van der Waals surface area contributed by atoms with Gasteiger partial charge in [-0.15, -0.1) is 0 Å². The zero-order valence-corrected chi connectivity index (χ0v) is 9.93. The van der Waals surface area contributed by atoms with Crippen molar-refractivity contribution in [1.29, 1.82) is 0 Å². The fourth-order valence-electron chi connectivity index (χ4n) is 2.18. The van der Waals surface area contributed by atoms with Crippen molar-refractivity contribution < 1.29 is 8.81 Å². The van der Waals surface area contributed by atoms with E-state index in [1.54, 1.807) is 0 Å². The number of halogens is 2. The number of aromatic nitrogens is 1. The van der Waals surface area contributed by atoms with E-state index in [0.717, 1.165) is 25.9 Å². The maximum absolute atomic E-state index is 13.3. The van der Waals surface area contributed by atoms with Crippen molar-refractivity contribution in [3.8, 4) is 0 Å². The lowest BCUT2D eigenvalue weighted by molar-refractivity contribution is 0.387. The highest BCUT2D eigenvalue weighted by Gasteiger charge is 2.21. The van der Waals surface area contributed by atoms with Crippen LogP contribution in [0.25, 0.3) is 11.1 Å². The first-order valence-electron chi connectivity index (χ1n) is 5.70. The summed E-state index contributed by atoms with van der Waals surface area (Å²) >= 11 is 5.71. The summed E-state index contributed by atoms with van der Waals surface area (Å²) in [5.41, 5.74) is 1.09. The first-order valence-corrected chi connectivity index (χ1v) is 6.08. The molecule has 1 saturated heterocycles. The number of nitrogens with one attached hydrogen (secondary N) is 1. The summed E-state index contributed by atoms with van der Waals surface area (Å²) < 4.78 is 18.9. The summed E-state index contributed by atoms with van der Waals surface area (Å²) in [6, 6.07) is 2.81. The molecule has 0 radical (unpaired) electrons. The lowest BCUT2D eigenvalue weighted by atomic mass is 10.00. The van der Waals surface area contributed by atoms with E-state index >= 15 is 0 Å². The Hall–Kier alpha value is -1.13. The third-order valence-electron chi connectivity index (χ3n) is 3.09. The molecule has 2 aromatic rings. The average Bonchev–Trinajstić information content (AvgIpc) is 2.74. The molecule has 90 valence electrons. The van der Waals surface area contributed by atoms with Crippen molar-refractivity contribution in [3.63, 3.8) is 0 Å².